The molecular formula is C13H20BrN3O2. The lowest BCUT2D eigenvalue weighted by Gasteiger charge is -2.34. The minimum absolute atomic E-state index is 0.477. The molecule has 0 amide bonds. The van der Waals surface area contributed by atoms with Gasteiger partial charge in [0.1, 0.15) is 0 Å². The lowest BCUT2D eigenvalue weighted by molar-refractivity contribution is 0.00486. The molecule has 106 valence electrons. The van der Waals surface area contributed by atoms with Crippen LogP contribution in [0, 0.1) is 5.92 Å². The molecule has 6 heteroatoms. The Kier molecular flexibility index (Phi) is 4.62. The van der Waals surface area contributed by atoms with Crippen LogP contribution >= 0.6 is 15.9 Å². The first-order chi connectivity index (χ1) is 9.02. The molecule has 1 aromatic rings. The molecule has 0 spiro atoms. The van der Waals surface area contributed by atoms with E-state index < -0.39 is 5.60 Å². The SMILES string of the molecule is COc1nc(NCC2(O)CCC(C)CC2)ncc1Br. The Morgan fingerprint density at radius 2 is 2.21 bits per heavy atom. The molecule has 1 saturated carbocycles. The zero-order valence-corrected chi connectivity index (χ0v) is 12.9. The van der Waals surface area contributed by atoms with Crippen LogP contribution in [0.4, 0.5) is 5.95 Å². The summed E-state index contributed by atoms with van der Waals surface area (Å²) in [6.07, 6.45) is 5.44. The number of aromatic nitrogens is 2. The molecule has 1 aliphatic rings. The maximum atomic E-state index is 10.5. The molecule has 2 N–H and O–H groups in total. The Balaban J connectivity index is 1.95. The van der Waals surface area contributed by atoms with Gasteiger partial charge in [-0.2, -0.15) is 4.98 Å². The summed E-state index contributed by atoms with van der Waals surface area (Å²) in [7, 11) is 1.56. The van der Waals surface area contributed by atoms with Crippen LogP contribution in [-0.4, -0.2) is 34.3 Å². The van der Waals surface area contributed by atoms with Crippen molar-refractivity contribution < 1.29 is 9.84 Å². The maximum absolute atomic E-state index is 10.5. The Bertz CT molecular complexity index is 434. The molecule has 0 saturated heterocycles. The number of halogens is 1. The molecular weight excluding hydrogens is 310 g/mol. The minimum Gasteiger partial charge on any atom is -0.480 e. The van der Waals surface area contributed by atoms with Gasteiger partial charge in [-0.25, -0.2) is 4.98 Å². The summed E-state index contributed by atoms with van der Waals surface area (Å²) in [5, 5.41) is 13.6. The van der Waals surface area contributed by atoms with Crippen molar-refractivity contribution in [3.8, 4) is 5.88 Å². The molecule has 0 unspecified atom stereocenters. The van der Waals surface area contributed by atoms with E-state index in [0.29, 0.717) is 28.8 Å². The molecule has 1 aliphatic carbocycles. The van der Waals surface area contributed by atoms with Gasteiger partial charge in [-0.05, 0) is 47.5 Å². The highest BCUT2D eigenvalue weighted by Gasteiger charge is 2.31. The lowest BCUT2D eigenvalue weighted by atomic mass is 9.79. The predicted octanol–water partition coefficient (Wildman–Crippen LogP) is 2.60. The van der Waals surface area contributed by atoms with Gasteiger partial charge in [0.15, 0.2) is 0 Å². The van der Waals surface area contributed by atoms with Gasteiger partial charge in [0.25, 0.3) is 0 Å². The highest BCUT2D eigenvalue weighted by Crippen LogP contribution is 2.32. The molecule has 5 nitrogen and oxygen atoms in total. The van der Waals surface area contributed by atoms with E-state index in [1.807, 2.05) is 0 Å². The van der Waals surface area contributed by atoms with Crippen LogP contribution in [0.15, 0.2) is 10.7 Å². The summed E-state index contributed by atoms with van der Waals surface area (Å²) >= 11 is 3.31. The molecule has 0 atom stereocenters. The highest BCUT2D eigenvalue weighted by molar-refractivity contribution is 9.10. The van der Waals surface area contributed by atoms with Crippen molar-refractivity contribution in [2.45, 2.75) is 38.2 Å². The van der Waals surface area contributed by atoms with Crippen molar-refractivity contribution in [1.82, 2.24) is 9.97 Å². The van der Waals surface area contributed by atoms with Crippen molar-refractivity contribution >= 4 is 21.9 Å². The van der Waals surface area contributed by atoms with Crippen LogP contribution in [-0.2, 0) is 0 Å². The van der Waals surface area contributed by atoms with E-state index in [9.17, 15) is 5.11 Å². The van der Waals surface area contributed by atoms with Gasteiger partial charge in [-0.3, -0.25) is 0 Å². The van der Waals surface area contributed by atoms with E-state index in [2.05, 4.69) is 38.1 Å². The van der Waals surface area contributed by atoms with Gasteiger partial charge >= 0.3 is 0 Å². The van der Waals surface area contributed by atoms with Crippen LogP contribution < -0.4 is 10.1 Å². The monoisotopic (exact) mass is 329 g/mol. The fraction of sp³-hybridized carbons (Fsp3) is 0.692. The summed E-state index contributed by atoms with van der Waals surface area (Å²) < 4.78 is 5.83. The zero-order chi connectivity index (χ0) is 13.9. The highest BCUT2D eigenvalue weighted by atomic mass is 79.9. The van der Waals surface area contributed by atoms with Crippen molar-refractivity contribution in [3.63, 3.8) is 0 Å². The fourth-order valence-electron chi connectivity index (χ4n) is 2.30. The third kappa shape index (κ3) is 3.79. The Morgan fingerprint density at radius 3 is 2.84 bits per heavy atom. The zero-order valence-electron chi connectivity index (χ0n) is 11.3. The summed E-state index contributed by atoms with van der Waals surface area (Å²) in [6, 6.07) is 0. The first-order valence-corrected chi connectivity index (χ1v) is 7.34. The van der Waals surface area contributed by atoms with E-state index in [-0.39, 0.29) is 0 Å². The molecule has 0 aliphatic heterocycles. The van der Waals surface area contributed by atoms with E-state index in [1.54, 1.807) is 13.3 Å². The Hall–Kier alpha value is -0.880. The first-order valence-electron chi connectivity index (χ1n) is 6.55. The molecule has 1 aromatic heterocycles. The molecule has 19 heavy (non-hydrogen) atoms. The Labute approximate surface area is 121 Å². The number of hydrogen-bond donors (Lipinski definition) is 2. The Morgan fingerprint density at radius 1 is 1.53 bits per heavy atom. The number of ether oxygens (including phenoxy) is 1. The van der Waals surface area contributed by atoms with Gasteiger partial charge in [0, 0.05) is 6.54 Å². The smallest absolute Gasteiger partial charge is 0.232 e. The summed E-state index contributed by atoms with van der Waals surface area (Å²) in [5.41, 5.74) is -0.643. The van der Waals surface area contributed by atoms with Crippen molar-refractivity contribution in [2.75, 3.05) is 19.0 Å². The molecule has 0 radical (unpaired) electrons. The van der Waals surface area contributed by atoms with Gasteiger partial charge in [0.05, 0.1) is 23.4 Å². The quantitative estimate of drug-likeness (QED) is 0.888. The van der Waals surface area contributed by atoms with Crippen LogP contribution in [0.3, 0.4) is 0 Å². The topological polar surface area (TPSA) is 67.3 Å². The predicted molar refractivity (Wildman–Crippen MR) is 77.4 cm³/mol. The van der Waals surface area contributed by atoms with Gasteiger partial charge < -0.3 is 15.2 Å². The van der Waals surface area contributed by atoms with Crippen LogP contribution in [0.25, 0.3) is 0 Å². The number of methoxy groups -OCH3 is 1. The van der Waals surface area contributed by atoms with Crippen LogP contribution in [0.5, 0.6) is 5.88 Å². The molecule has 2 rings (SSSR count). The second kappa shape index (κ2) is 6.05. The third-order valence-corrected chi connectivity index (χ3v) is 4.23. The number of anilines is 1. The first kappa shape index (κ1) is 14.5. The fourth-order valence-corrected chi connectivity index (χ4v) is 2.65. The van der Waals surface area contributed by atoms with E-state index in [0.717, 1.165) is 25.7 Å². The number of hydrogen-bond acceptors (Lipinski definition) is 5. The number of nitrogens with one attached hydrogen (secondary N) is 1. The van der Waals surface area contributed by atoms with E-state index in [1.165, 1.54) is 0 Å². The summed E-state index contributed by atoms with van der Waals surface area (Å²) in [6.45, 7) is 2.71. The van der Waals surface area contributed by atoms with Crippen molar-refractivity contribution in [1.29, 1.82) is 0 Å². The molecule has 1 fully saturated rings. The average Bonchev–Trinajstić information content (AvgIpc) is 2.42. The molecule has 1 heterocycles. The standard InChI is InChI=1S/C13H20BrN3O2/c1-9-3-5-13(18,6-4-9)8-16-12-15-7-10(14)11(17-12)19-2/h7,9,18H,3-6,8H2,1-2H3,(H,15,16,17). The van der Waals surface area contributed by atoms with E-state index in [4.69, 9.17) is 4.74 Å². The van der Waals surface area contributed by atoms with Crippen LogP contribution in [0.2, 0.25) is 0 Å². The normalized spacial score (nSPS) is 27.1. The van der Waals surface area contributed by atoms with E-state index >= 15 is 0 Å². The van der Waals surface area contributed by atoms with Crippen molar-refractivity contribution in [3.05, 3.63) is 10.7 Å². The number of rotatable bonds is 4. The summed E-state index contributed by atoms with van der Waals surface area (Å²) in [4.78, 5) is 8.38. The van der Waals surface area contributed by atoms with Crippen LogP contribution in [0.1, 0.15) is 32.6 Å². The number of nitrogens with zero attached hydrogens (tertiary/aromatic N) is 2. The average molecular weight is 330 g/mol. The lowest BCUT2D eigenvalue weighted by Crippen LogP contribution is -2.40. The molecule has 0 bridgehead atoms. The second-order valence-electron chi connectivity index (χ2n) is 5.31. The van der Waals surface area contributed by atoms with Crippen molar-refractivity contribution in [2.24, 2.45) is 5.92 Å². The minimum atomic E-state index is -0.643. The van der Waals surface area contributed by atoms with Gasteiger partial charge in [-0.1, -0.05) is 6.92 Å². The second-order valence-corrected chi connectivity index (χ2v) is 6.17. The molecule has 0 aromatic carbocycles. The maximum Gasteiger partial charge on any atom is 0.232 e. The van der Waals surface area contributed by atoms with Gasteiger partial charge in [0.2, 0.25) is 11.8 Å². The largest absolute Gasteiger partial charge is 0.480 e. The summed E-state index contributed by atoms with van der Waals surface area (Å²) in [5.74, 6) is 1.68. The third-order valence-electron chi connectivity index (χ3n) is 3.69. The number of aliphatic hydroxyl groups is 1. The van der Waals surface area contributed by atoms with Gasteiger partial charge in [-0.15, -0.1) is 0 Å².